The molecule has 0 unspecified atom stereocenters. The fourth-order valence-electron chi connectivity index (χ4n) is 1.62. The van der Waals surface area contributed by atoms with Crippen LogP contribution in [0.2, 0.25) is 0 Å². The van der Waals surface area contributed by atoms with Gasteiger partial charge in [-0.2, -0.15) is 22.8 Å². The highest BCUT2D eigenvalue weighted by Crippen LogP contribution is 2.15. The molecular formula is C11H13F3N4O. The Morgan fingerprint density at radius 1 is 1.37 bits per heavy atom. The van der Waals surface area contributed by atoms with E-state index < -0.39 is 12.8 Å². The largest absolute Gasteiger partial charge is 0.411 e. The number of hydrogen-bond acceptors (Lipinski definition) is 4. The van der Waals surface area contributed by atoms with E-state index in [1.54, 1.807) is 4.52 Å². The van der Waals surface area contributed by atoms with Crippen molar-refractivity contribution < 1.29 is 17.9 Å². The minimum Gasteiger partial charge on any atom is -0.370 e. The summed E-state index contributed by atoms with van der Waals surface area (Å²) < 4.78 is 41.7. The van der Waals surface area contributed by atoms with Crippen LogP contribution in [0.3, 0.4) is 0 Å². The molecule has 19 heavy (non-hydrogen) atoms. The first-order valence-corrected chi connectivity index (χ1v) is 5.64. The zero-order valence-electron chi connectivity index (χ0n) is 10.2. The van der Waals surface area contributed by atoms with E-state index in [1.807, 2.05) is 19.1 Å². The highest BCUT2D eigenvalue weighted by atomic mass is 19.4. The molecule has 104 valence electrons. The molecule has 0 bridgehead atoms. The summed E-state index contributed by atoms with van der Waals surface area (Å²) in [5.74, 6) is 0.670. The Morgan fingerprint density at radius 2 is 2.16 bits per heavy atom. The highest BCUT2D eigenvalue weighted by Gasteiger charge is 2.27. The number of aryl methyl sites for hydroxylation is 1. The second-order valence-corrected chi connectivity index (χ2v) is 4.04. The third-order valence-electron chi connectivity index (χ3n) is 2.34. The number of hydrogen-bond donors (Lipinski definition) is 1. The van der Waals surface area contributed by atoms with Gasteiger partial charge >= 0.3 is 6.18 Å². The lowest BCUT2D eigenvalue weighted by Crippen LogP contribution is -2.20. The molecule has 0 fully saturated rings. The third-order valence-corrected chi connectivity index (χ3v) is 2.34. The smallest absolute Gasteiger partial charge is 0.370 e. The first kappa shape index (κ1) is 13.6. The van der Waals surface area contributed by atoms with E-state index in [0.29, 0.717) is 11.5 Å². The average molecular weight is 274 g/mol. The zero-order valence-corrected chi connectivity index (χ0v) is 10.2. The van der Waals surface area contributed by atoms with Gasteiger partial charge in [0.1, 0.15) is 18.8 Å². The van der Waals surface area contributed by atoms with Crippen LogP contribution in [-0.4, -0.2) is 40.5 Å². The van der Waals surface area contributed by atoms with Crippen LogP contribution in [0.15, 0.2) is 18.5 Å². The lowest BCUT2D eigenvalue weighted by atomic mass is 10.3. The molecule has 0 amide bonds. The average Bonchev–Trinajstić information content (AvgIpc) is 2.74. The number of aromatic nitrogens is 3. The SMILES string of the molecule is Cc1cc(NCCOCC(F)(F)F)n2ncnc2c1. The number of halogens is 3. The van der Waals surface area contributed by atoms with Gasteiger partial charge in [0.15, 0.2) is 5.65 Å². The van der Waals surface area contributed by atoms with Crippen LogP contribution in [0.1, 0.15) is 5.56 Å². The molecule has 0 aliphatic rings. The summed E-state index contributed by atoms with van der Waals surface area (Å²) in [6.45, 7) is 0.888. The Balaban J connectivity index is 1.89. The van der Waals surface area contributed by atoms with E-state index in [-0.39, 0.29) is 13.2 Å². The van der Waals surface area contributed by atoms with Crippen LogP contribution < -0.4 is 5.32 Å². The number of fused-ring (bicyclic) bond motifs is 1. The summed E-state index contributed by atoms with van der Waals surface area (Å²) in [6.07, 6.45) is -2.87. The summed E-state index contributed by atoms with van der Waals surface area (Å²) in [5.41, 5.74) is 1.66. The number of alkyl halides is 3. The predicted octanol–water partition coefficient (Wildman–Crippen LogP) is 2.03. The molecule has 0 atom stereocenters. The molecule has 8 heteroatoms. The Labute approximate surface area is 107 Å². The number of nitrogens with zero attached hydrogens (tertiary/aromatic N) is 3. The molecule has 0 aromatic carbocycles. The van der Waals surface area contributed by atoms with E-state index in [1.165, 1.54) is 6.33 Å². The standard InChI is InChI=1S/C11H13F3N4O/c1-8-4-9(18-10(5-8)16-7-17-18)15-2-3-19-6-11(12,13)14/h4-5,7,15H,2-3,6H2,1H3. The maximum Gasteiger partial charge on any atom is 0.411 e. The second kappa shape index (κ2) is 5.43. The summed E-state index contributed by atoms with van der Waals surface area (Å²) in [7, 11) is 0. The summed E-state index contributed by atoms with van der Waals surface area (Å²) >= 11 is 0. The maximum absolute atomic E-state index is 11.9. The van der Waals surface area contributed by atoms with Crippen LogP contribution in [0.25, 0.3) is 5.65 Å². The predicted molar refractivity (Wildman–Crippen MR) is 63.1 cm³/mol. The number of anilines is 1. The van der Waals surface area contributed by atoms with Crippen LogP contribution in [-0.2, 0) is 4.74 Å². The topological polar surface area (TPSA) is 51.5 Å². The van der Waals surface area contributed by atoms with Crippen molar-refractivity contribution in [2.24, 2.45) is 0 Å². The van der Waals surface area contributed by atoms with Crippen LogP contribution in [0.5, 0.6) is 0 Å². The van der Waals surface area contributed by atoms with E-state index in [4.69, 9.17) is 0 Å². The second-order valence-electron chi connectivity index (χ2n) is 4.04. The lowest BCUT2D eigenvalue weighted by Gasteiger charge is -2.10. The van der Waals surface area contributed by atoms with Gasteiger partial charge in [-0.25, -0.2) is 4.98 Å². The van der Waals surface area contributed by atoms with E-state index in [9.17, 15) is 13.2 Å². The molecule has 0 spiro atoms. The Bertz CT molecular complexity index is 552. The number of rotatable bonds is 5. The van der Waals surface area contributed by atoms with Crippen molar-refractivity contribution in [2.45, 2.75) is 13.1 Å². The van der Waals surface area contributed by atoms with Gasteiger partial charge in [-0.05, 0) is 24.6 Å². The van der Waals surface area contributed by atoms with Crippen molar-refractivity contribution in [3.8, 4) is 0 Å². The fourth-order valence-corrected chi connectivity index (χ4v) is 1.62. The van der Waals surface area contributed by atoms with Gasteiger partial charge < -0.3 is 10.1 Å². The first-order chi connectivity index (χ1) is 8.96. The summed E-state index contributed by atoms with van der Waals surface area (Å²) in [6, 6.07) is 3.70. The molecule has 2 heterocycles. The zero-order chi connectivity index (χ0) is 13.9. The van der Waals surface area contributed by atoms with Crippen molar-refractivity contribution in [1.29, 1.82) is 0 Å². The molecule has 2 aromatic rings. The maximum atomic E-state index is 11.9. The molecule has 2 aromatic heterocycles. The van der Waals surface area contributed by atoms with Gasteiger partial charge in [-0.3, -0.25) is 0 Å². The molecule has 1 N–H and O–H groups in total. The van der Waals surface area contributed by atoms with Crippen molar-refractivity contribution in [1.82, 2.24) is 14.6 Å². The Kier molecular flexibility index (Phi) is 3.89. The van der Waals surface area contributed by atoms with Crippen molar-refractivity contribution >= 4 is 11.5 Å². The minimum atomic E-state index is -4.29. The molecule has 2 rings (SSSR count). The van der Waals surface area contributed by atoms with Crippen LogP contribution in [0, 0.1) is 6.92 Å². The fraction of sp³-hybridized carbons (Fsp3) is 0.455. The van der Waals surface area contributed by atoms with Gasteiger partial charge in [0.05, 0.1) is 6.61 Å². The molecule has 0 radical (unpaired) electrons. The van der Waals surface area contributed by atoms with Gasteiger partial charge in [0, 0.05) is 6.54 Å². The van der Waals surface area contributed by atoms with Crippen LogP contribution in [0.4, 0.5) is 19.0 Å². The van der Waals surface area contributed by atoms with E-state index in [2.05, 4.69) is 20.1 Å². The Hall–Kier alpha value is -1.83. The lowest BCUT2D eigenvalue weighted by molar-refractivity contribution is -0.172. The minimum absolute atomic E-state index is 0.0381. The number of ether oxygens (including phenoxy) is 1. The van der Waals surface area contributed by atoms with E-state index in [0.717, 1.165) is 5.56 Å². The van der Waals surface area contributed by atoms with Gasteiger partial charge in [-0.15, -0.1) is 0 Å². The summed E-state index contributed by atoms with van der Waals surface area (Å²) in [4.78, 5) is 4.05. The van der Waals surface area contributed by atoms with Gasteiger partial charge in [0.2, 0.25) is 0 Å². The number of nitrogens with one attached hydrogen (secondary N) is 1. The van der Waals surface area contributed by atoms with Gasteiger partial charge in [-0.1, -0.05) is 0 Å². The molecule has 0 saturated carbocycles. The summed E-state index contributed by atoms with van der Waals surface area (Å²) in [5, 5.41) is 6.99. The number of pyridine rings is 1. The van der Waals surface area contributed by atoms with Crippen LogP contribution >= 0.6 is 0 Å². The van der Waals surface area contributed by atoms with Crippen molar-refractivity contribution in [3.05, 3.63) is 24.0 Å². The molecule has 0 saturated heterocycles. The normalized spacial score (nSPS) is 12.0. The molecule has 0 aliphatic heterocycles. The third kappa shape index (κ3) is 3.82. The quantitative estimate of drug-likeness (QED) is 0.848. The van der Waals surface area contributed by atoms with E-state index >= 15 is 0 Å². The molecule has 5 nitrogen and oxygen atoms in total. The first-order valence-electron chi connectivity index (χ1n) is 5.64. The molecular weight excluding hydrogens is 261 g/mol. The van der Waals surface area contributed by atoms with Crippen molar-refractivity contribution in [3.63, 3.8) is 0 Å². The highest BCUT2D eigenvalue weighted by molar-refractivity contribution is 5.51. The van der Waals surface area contributed by atoms with Gasteiger partial charge in [0.25, 0.3) is 0 Å². The Morgan fingerprint density at radius 3 is 2.89 bits per heavy atom. The molecule has 0 aliphatic carbocycles. The van der Waals surface area contributed by atoms with Crippen molar-refractivity contribution in [2.75, 3.05) is 25.1 Å². The monoisotopic (exact) mass is 274 g/mol.